The Morgan fingerprint density at radius 3 is 3.07 bits per heavy atom. The van der Waals surface area contributed by atoms with Gasteiger partial charge in [0, 0.05) is 11.7 Å². The van der Waals surface area contributed by atoms with E-state index >= 15 is 0 Å². The molecule has 1 heterocycles. The quantitative estimate of drug-likeness (QED) is 0.790. The average Bonchev–Trinajstić information content (AvgIpc) is 2.70. The molecular formula is C12H18N2O. The van der Waals surface area contributed by atoms with Gasteiger partial charge in [0.25, 0.3) is 0 Å². The van der Waals surface area contributed by atoms with Crippen molar-refractivity contribution in [2.75, 3.05) is 19.0 Å². The molecule has 1 aliphatic heterocycles. The minimum Gasteiger partial charge on any atom is -0.497 e. The summed E-state index contributed by atoms with van der Waals surface area (Å²) in [6.45, 7) is 2.91. The molecule has 0 aromatic heterocycles. The molecule has 15 heavy (non-hydrogen) atoms. The minimum absolute atomic E-state index is 0.470. The van der Waals surface area contributed by atoms with Gasteiger partial charge in [0.05, 0.1) is 7.11 Å². The van der Waals surface area contributed by atoms with Gasteiger partial charge in [-0.2, -0.15) is 0 Å². The Hall–Kier alpha value is -1.22. The summed E-state index contributed by atoms with van der Waals surface area (Å²) in [6, 6.07) is 6.64. The number of nitrogens with two attached hydrogens (primary N) is 1. The van der Waals surface area contributed by atoms with Gasteiger partial charge in [-0.05, 0) is 42.6 Å². The maximum absolute atomic E-state index is 5.68. The third kappa shape index (κ3) is 1.92. The van der Waals surface area contributed by atoms with Gasteiger partial charge in [-0.15, -0.1) is 0 Å². The molecule has 2 atom stereocenters. The van der Waals surface area contributed by atoms with Gasteiger partial charge >= 0.3 is 0 Å². The molecule has 1 aliphatic rings. The molecule has 3 nitrogen and oxygen atoms in total. The Bertz CT molecular complexity index is 351. The Morgan fingerprint density at radius 1 is 1.60 bits per heavy atom. The molecular weight excluding hydrogens is 188 g/mol. The molecule has 1 aromatic rings. The van der Waals surface area contributed by atoms with E-state index in [-0.39, 0.29) is 0 Å². The molecule has 3 N–H and O–H groups in total. The highest BCUT2D eigenvalue weighted by Crippen LogP contribution is 2.31. The second-order valence-corrected chi connectivity index (χ2v) is 4.19. The van der Waals surface area contributed by atoms with E-state index in [0.717, 1.165) is 18.7 Å². The van der Waals surface area contributed by atoms with E-state index in [1.54, 1.807) is 7.11 Å². The fraction of sp³-hybridized carbons (Fsp3) is 0.500. The van der Waals surface area contributed by atoms with Crippen LogP contribution >= 0.6 is 0 Å². The maximum Gasteiger partial charge on any atom is 0.119 e. The third-order valence-electron chi connectivity index (χ3n) is 3.15. The summed E-state index contributed by atoms with van der Waals surface area (Å²) in [5, 5.41) is 3.50. The van der Waals surface area contributed by atoms with Crippen LogP contribution in [0.5, 0.6) is 5.75 Å². The molecule has 0 radical (unpaired) electrons. The SMILES string of the molecule is COc1ccc2c(c1)CC(C(C)CN)N2. The lowest BCUT2D eigenvalue weighted by molar-refractivity contribution is 0.414. The number of ether oxygens (including phenoxy) is 1. The van der Waals surface area contributed by atoms with Crippen molar-refractivity contribution >= 4 is 5.69 Å². The van der Waals surface area contributed by atoms with Gasteiger partial charge in [-0.3, -0.25) is 0 Å². The van der Waals surface area contributed by atoms with Crippen LogP contribution in [-0.2, 0) is 6.42 Å². The van der Waals surface area contributed by atoms with Gasteiger partial charge in [0.15, 0.2) is 0 Å². The lowest BCUT2D eigenvalue weighted by Crippen LogP contribution is -2.30. The Balaban J connectivity index is 2.16. The third-order valence-corrected chi connectivity index (χ3v) is 3.15. The van der Waals surface area contributed by atoms with Crippen molar-refractivity contribution in [2.24, 2.45) is 11.7 Å². The zero-order chi connectivity index (χ0) is 10.8. The monoisotopic (exact) mass is 206 g/mol. The van der Waals surface area contributed by atoms with E-state index in [4.69, 9.17) is 10.5 Å². The molecule has 2 rings (SSSR count). The van der Waals surface area contributed by atoms with Crippen LogP contribution in [0, 0.1) is 5.92 Å². The molecule has 0 spiro atoms. The van der Waals surface area contributed by atoms with Crippen molar-refractivity contribution in [3.05, 3.63) is 23.8 Å². The standard InChI is InChI=1S/C12H18N2O/c1-8(7-13)12-6-9-5-10(15-2)3-4-11(9)14-12/h3-5,8,12,14H,6-7,13H2,1-2H3. The number of methoxy groups -OCH3 is 1. The van der Waals surface area contributed by atoms with E-state index in [2.05, 4.69) is 24.4 Å². The number of anilines is 1. The number of hydrogen-bond acceptors (Lipinski definition) is 3. The van der Waals surface area contributed by atoms with E-state index in [0.29, 0.717) is 12.0 Å². The van der Waals surface area contributed by atoms with Crippen molar-refractivity contribution in [1.29, 1.82) is 0 Å². The summed E-state index contributed by atoms with van der Waals surface area (Å²) in [7, 11) is 1.70. The van der Waals surface area contributed by atoms with Gasteiger partial charge in [0.1, 0.15) is 5.75 Å². The van der Waals surface area contributed by atoms with Crippen molar-refractivity contribution in [3.8, 4) is 5.75 Å². The highest BCUT2D eigenvalue weighted by molar-refractivity contribution is 5.59. The topological polar surface area (TPSA) is 47.3 Å². The number of fused-ring (bicyclic) bond motifs is 1. The lowest BCUT2D eigenvalue weighted by atomic mass is 9.99. The zero-order valence-corrected chi connectivity index (χ0v) is 9.29. The summed E-state index contributed by atoms with van der Waals surface area (Å²) < 4.78 is 5.21. The molecule has 0 fully saturated rings. The molecule has 0 bridgehead atoms. The average molecular weight is 206 g/mol. The van der Waals surface area contributed by atoms with Crippen LogP contribution in [0.15, 0.2) is 18.2 Å². The predicted molar refractivity (Wildman–Crippen MR) is 62.3 cm³/mol. The highest BCUT2D eigenvalue weighted by atomic mass is 16.5. The Labute approximate surface area is 90.6 Å². The second kappa shape index (κ2) is 4.11. The molecule has 2 unspecified atom stereocenters. The van der Waals surface area contributed by atoms with E-state index in [1.807, 2.05) is 6.07 Å². The van der Waals surface area contributed by atoms with Crippen molar-refractivity contribution in [2.45, 2.75) is 19.4 Å². The summed E-state index contributed by atoms with van der Waals surface area (Å²) in [5.74, 6) is 1.43. The van der Waals surface area contributed by atoms with Gasteiger partial charge < -0.3 is 15.8 Å². The summed E-state index contributed by atoms with van der Waals surface area (Å²) in [6.07, 6.45) is 1.05. The number of hydrogen-bond donors (Lipinski definition) is 2. The lowest BCUT2D eigenvalue weighted by Gasteiger charge is -2.17. The smallest absolute Gasteiger partial charge is 0.119 e. The predicted octanol–water partition coefficient (Wildman–Crippen LogP) is 1.63. The van der Waals surface area contributed by atoms with Crippen LogP contribution in [0.1, 0.15) is 12.5 Å². The highest BCUT2D eigenvalue weighted by Gasteiger charge is 2.24. The number of benzene rings is 1. The molecule has 0 saturated carbocycles. The largest absolute Gasteiger partial charge is 0.497 e. The Morgan fingerprint density at radius 2 is 2.40 bits per heavy atom. The van der Waals surface area contributed by atoms with Crippen LogP contribution in [0.2, 0.25) is 0 Å². The molecule has 0 saturated heterocycles. The van der Waals surface area contributed by atoms with Crippen molar-refractivity contribution in [3.63, 3.8) is 0 Å². The fourth-order valence-corrected chi connectivity index (χ4v) is 2.00. The summed E-state index contributed by atoms with van der Waals surface area (Å²) in [5.41, 5.74) is 8.23. The van der Waals surface area contributed by atoms with Crippen LogP contribution in [0.4, 0.5) is 5.69 Å². The zero-order valence-electron chi connectivity index (χ0n) is 9.29. The maximum atomic E-state index is 5.68. The first-order valence-electron chi connectivity index (χ1n) is 5.38. The molecule has 0 amide bonds. The minimum atomic E-state index is 0.470. The molecule has 0 aliphatic carbocycles. The Kier molecular flexibility index (Phi) is 2.82. The van der Waals surface area contributed by atoms with Crippen LogP contribution in [0.25, 0.3) is 0 Å². The molecule has 3 heteroatoms. The van der Waals surface area contributed by atoms with E-state index < -0.39 is 0 Å². The summed E-state index contributed by atoms with van der Waals surface area (Å²) in [4.78, 5) is 0. The van der Waals surface area contributed by atoms with Gasteiger partial charge in [-0.1, -0.05) is 6.92 Å². The molecule has 1 aromatic carbocycles. The first-order chi connectivity index (χ1) is 7.24. The van der Waals surface area contributed by atoms with Gasteiger partial charge in [-0.25, -0.2) is 0 Å². The van der Waals surface area contributed by atoms with E-state index in [1.165, 1.54) is 11.3 Å². The first kappa shape index (κ1) is 10.3. The molecule has 82 valence electrons. The van der Waals surface area contributed by atoms with Crippen LogP contribution in [0.3, 0.4) is 0 Å². The number of nitrogens with one attached hydrogen (secondary N) is 1. The van der Waals surface area contributed by atoms with Gasteiger partial charge in [0.2, 0.25) is 0 Å². The fourth-order valence-electron chi connectivity index (χ4n) is 2.00. The van der Waals surface area contributed by atoms with Crippen LogP contribution < -0.4 is 15.8 Å². The normalized spacial score (nSPS) is 20.6. The van der Waals surface area contributed by atoms with Crippen LogP contribution in [-0.4, -0.2) is 19.7 Å². The van der Waals surface area contributed by atoms with E-state index in [9.17, 15) is 0 Å². The van der Waals surface area contributed by atoms with Crippen molar-refractivity contribution in [1.82, 2.24) is 0 Å². The van der Waals surface area contributed by atoms with Crippen molar-refractivity contribution < 1.29 is 4.74 Å². The first-order valence-corrected chi connectivity index (χ1v) is 5.38. The number of rotatable bonds is 3. The second-order valence-electron chi connectivity index (χ2n) is 4.19. The summed E-state index contributed by atoms with van der Waals surface area (Å²) >= 11 is 0.